The molecule has 0 spiro atoms. The number of rotatable bonds is 3. The molecule has 16 heavy (non-hydrogen) atoms. The van der Waals surface area contributed by atoms with E-state index in [1.54, 1.807) is 19.2 Å². The number of carbonyl (C=O) groups is 1. The minimum atomic E-state index is -0.496. The second-order valence-corrected chi connectivity index (χ2v) is 4.71. The molecule has 0 fully saturated rings. The highest BCUT2D eigenvalue weighted by Crippen LogP contribution is 2.12. The van der Waals surface area contributed by atoms with Gasteiger partial charge < -0.3 is 4.74 Å². The van der Waals surface area contributed by atoms with Crippen LogP contribution in [0, 0.1) is 0 Å². The number of hydrogen-bond donors (Lipinski definition) is 0. The molecule has 0 rings (SSSR count). The Morgan fingerprint density at radius 3 is 2.12 bits per heavy atom. The van der Waals surface area contributed by atoms with Gasteiger partial charge in [-0.2, -0.15) is 0 Å². The van der Waals surface area contributed by atoms with E-state index < -0.39 is 11.7 Å². The molecule has 0 saturated heterocycles. The van der Waals surface area contributed by atoms with Crippen molar-refractivity contribution in [2.24, 2.45) is 0 Å². The van der Waals surface area contributed by atoms with Crippen LogP contribution < -0.4 is 0 Å². The van der Waals surface area contributed by atoms with Crippen LogP contribution >= 0.6 is 0 Å². The number of likely N-dealkylation sites (N-methyl/N-ethyl adjacent to an activating group) is 1. The molecule has 0 unspecified atom stereocenters. The van der Waals surface area contributed by atoms with E-state index in [9.17, 15) is 4.79 Å². The zero-order valence-corrected chi connectivity index (χ0v) is 10.8. The Balaban J connectivity index is 4.45. The number of nitrogens with zero attached hydrogens (tertiary/aromatic N) is 1. The average molecular weight is 223 g/mol. The number of hydrogen-bond acceptors (Lipinski definition) is 2. The Kier molecular flexibility index (Phi) is 5.02. The lowest BCUT2D eigenvalue weighted by molar-refractivity contribution is 0.0360. The Hall–Kier alpha value is -1.51. The van der Waals surface area contributed by atoms with E-state index in [1.807, 2.05) is 27.7 Å². The fourth-order valence-electron chi connectivity index (χ4n) is 0.798. The fourth-order valence-corrected chi connectivity index (χ4v) is 0.798. The summed E-state index contributed by atoms with van der Waals surface area (Å²) in [6, 6.07) is 0. The van der Waals surface area contributed by atoms with Gasteiger partial charge in [-0.25, -0.2) is 4.79 Å². The van der Waals surface area contributed by atoms with Crippen LogP contribution in [0.4, 0.5) is 4.79 Å². The van der Waals surface area contributed by atoms with Crippen LogP contribution in [0.25, 0.3) is 0 Å². The van der Waals surface area contributed by atoms with Gasteiger partial charge in [-0.05, 0) is 33.8 Å². The van der Waals surface area contributed by atoms with Crippen LogP contribution in [0.15, 0.2) is 36.6 Å². The first-order valence-corrected chi connectivity index (χ1v) is 5.12. The van der Waals surface area contributed by atoms with Crippen LogP contribution in [-0.4, -0.2) is 23.6 Å². The molecule has 0 saturated carbocycles. The van der Waals surface area contributed by atoms with Gasteiger partial charge in [0.1, 0.15) is 5.60 Å². The second-order valence-electron chi connectivity index (χ2n) is 4.71. The minimum absolute atomic E-state index is 0.413. The SMILES string of the molecule is C=C(C)/C=C\C(=C)N(C)C(=O)OC(C)(C)C. The van der Waals surface area contributed by atoms with Gasteiger partial charge in [-0.3, -0.25) is 4.90 Å². The molecule has 3 nitrogen and oxygen atoms in total. The fraction of sp³-hybridized carbons (Fsp3) is 0.462. The highest BCUT2D eigenvalue weighted by molar-refractivity contribution is 5.70. The van der Waals surface area contributed by atoms with Crippen LogP contribution in [0.5, 0.6) is 0 Å². The van der Waals surface area contributed by atoms with Crippen molar-refractivity contribution in [1.29, 1.82) is 0 Å². The van der Waals surface area contributed by atoms with Gasteiger partial charge in [0.25, 0.3) is 0 Å². The zero-order chi connectivity index (χ0) is 12.9. The maximum atomic E-state index is 11.6. The van der Waals surface area contributed by atoms with Crippen molar-refractivity contribution in [3.8, 4) is 0 Å². The quantitative estimate of drug-likeness (QED) is 0.685. The summed E-state index contributed by atoms with van der Waals surface area (Å²) in [6.45, 7) is 14.8. The Labute approximate surface area is 98.1 Å². The average Bonchev–Trinajstić information content (AvgIpc) is 2.10. The molecule has 0 aromatic carbocycles. The summed E-state index contributed by atoms with van der Waals surface area (Å²) in [4.78, 5) is 13.0. The molecule has 0 aromatic rings. The highest BCUT2D eigenvalue weighted by atomic mass is 16.6. The number of ether oxygens (including phenoxy) is 1. The number of amides is 1. The van der Waals surface area contributed by atoms with Crippen LogP contribution in [0.3, 0.4) is 0 Å². The third-order valence-electron chi connectivity index (χ3n) is 1.66. The Morgan fingerprint density at radius 1 is 1.25 bits per heavy atom. The summed E-state index contributed by atoms with van der Waals surface area (Å²) in [6.07, 6.45) is 3.11. The molecule has 3 heteroatoms. The maximum absolute atomic E-state index is 11.6. The first-order chi connectivity index (χ1) is 7.13. The van der Waals surface area contributed by atoms with E-state index in [1.165, 1.54) is 4.90 Å². The van der Waals surface area contributed by atoms with Crippen molar-refractivity contribution in [2.45, 2.75) is 33.3 Å². The minimum Gasteiger partial charge on any atom is -0.443 e. The van der Waals surface area contributed by atoms with E-state index in [4.69, 9.17) is 4.74 Å². The molecule has 90 valence electrons. The molecule has 0 bridgehead atoms. The lowest BCUT2D eigenvalue weighted by Gasteiger charge is -2.24. The largest absolute Gasteiger partial charge is 0.443 e. The highest BCUT2D eigenvalue weighted by Gasteiger charge is 2.20. The topological polar surface area (TPSA) is 29.5 Å². The monoisotopic (exact) mass is 223 g/mol. The summed E-state index contributed by atoms with van der Waals surface area (Å²) in [5.41, 5.74) is 0.972. The van der Waals surface area contributed by atoms with Crippen molar-refractivity contribution in [3.05, 3.63) is 36.6 Å². The molecule has 0 aromatic heterocycles. The summed E-state index contributed by atoms with van der Waals surface area (Å²) < 4.78 is 5.20. The van der Waals surface area contributed by atoms with Crippen molar-refractivity contribution in [2.75, 3.05) is 7.05 Å². The van der Waals surface area contributed by atoms with Gasteiger partial charge in [-0.15, -0.1) is 0 Å². The molecule has 0 aliphatic heterocycles. The van der Waals surface area contributed by atoms with Crippen LogP contribution in [0.1, 0.15) is 27.7 Å². The first-order valence-electron chi connectivity index (χ1n) is 5.12. The summed E-state index contributed by atoms with van der Waals surface area (Å²) in [5, 5.41) is 0. The van der Waals surface area contributed by atoms with Crippen molar-refractivity contribution >= 4 is 6.09 Å². The van der Waals surface area contributed by atoms with E-state index in [0.29, 0.717) is 5.70 Å². The molecule has 0 radical (unpaired) electrons. The van der Waals surface area contributed by atoms with E-state index in [2.05, 4.69) is 13.2 Å². The van der Waals surface area contributed by atoms with Gasteiger partial charge in [0.05, 0.1) is 0 Å². The lowest BCUT2D eigenvalue weighted by Crippen LogP contribution is -2.33. The molecule has 1 amide bonds. The second kappa shape index (κ2) is 5.54. The third kappa shape index (κ3) is 6.06. The predicted molar refractivity (Wildman–Crippen MR) is 67.1 cm³/mol. The van der Waals surface area contributed by atoms with E-state index >= 15 is 0 Å². The van der Waals surface area contributed by atoms with Gasteiger partial charge in [0.15, 0.2) is 0 Å². The third-order valence-corrected chi connectivity index (χ3v) is 1.66. The van der Waals surface area contributed by atoms with Crippen LogP contribution in [-0.2, 0) is 4.74 Å². The molecule has 0 N–H and O–H groups in total. The van der Waals surface area contributed by atoms with E-state index in [-0.39, 0.29) is 0 Å². The molecule has 0 atom stereocenters. The number of allylic oxidation sites excluding steroid dienone is 3. The van der Waals surface area contributed by atoms with Gasteiger partial charge in [-0.1, -0.05) is 24.8 Å². The standard InChI is InChI=1S/C13H21NO2/c1-10(2)8-9-11(3)14(7)12(15)16-13(4,5)6/h8-9H,1,3H2,2,4-7H3/b9-8-. The summed E-state index contributed by atoms with van der Waals surface area (Å²) >= 11 is 0. The molecular weight excluding hydrogens is 202 g/mol. The van der Waals surface area contributed by atoms with Gasteiger partial charge >= 0.3 is 6.09 Å². The maximum Gasteiger partial charge on any atom is 0.414 e. The van der Waals surface area contributed by atoms with Crippen molar-refractivity contribution in [1.82, 2.24) is 4.90 Å². The smallest absolute Gasteiger partial charge is 0.414 e. The van der Waals surface area contributed by atoms with Crippen LogP contribution in [0.2, 0.25) is 0 Å². The zero-order valence-electron chi connectivity index (χ0n) is 10.8. The van der Waals surface area contributed by atoms with Gasteiger partial charge in [0.2, 0.25) is 0 Å². The van der Waals surface area contributed by atoms with E-state index in [0.717, 1.165) is 5.57 Å². The molecule has 0 aliphatic rings. The molecule has 0 heterocycles. The normalized spacial score (nSPS) is 11.3. The number of carbonyl (C=O) groups excluding carboxylic acids is 1. The summed E-state index contributed by atoms with van der Waals surface area (Å²) in [7, 11) is 1.62. The Morgan fingerprint density at radius 2 is 1.75 bits per heavy atom. The summed E-state index contributed by atoms with van der Waals surface area (Å²) in [5.74, 6) is 0. The first kappa shape index (κ1) is 14.5. The van der Waals surface area contributed by atoms with Crippen molar-refractivity contribution < 1.29 is 9.53 Å². The Bertz CT molecular complexity index is 321. The lowest BCUT2D eigenvalue weighted by atomic mass is 10.2. The molecular formula is C13H21NO2. The molecule has 0 aliphatic carbocycles. The van der Waals surface area contributed by atoms with Crippen molar-refractivity contribution in [3.63, 3.8) is 0 Å². The van der Waals surface area contributed by atoms with Gasteiger partial charge in [0, 0.05) is 12.7 Å². The predicted octanol–water partition coefficient (Wildman–Crippen LogP) is 3.50.